The molecule has 0 aromatic carbocycles. The van der Waals surface area contributed by atoms with E-state index in [4.69, 9.17) is 0 Å². The molecule has 5 nitrogen and oxygen atoms in total. The summed E-state index contributed by atoms with van der Waals surface area (Å²) in [6.45, 7) is 1.12. The van der Waals surface area contributed by atoms with Crippen molar-refractivity contribution < 1.29 is 14.4 Å². The molecule has 0 spiro atoms. The lowest BCUT2D eigenvalue weighted by atomic mass is 9.81. The van der Waals surface area contributed by atoms with Crippen molar-refractivity contribution in [2.75, 3.05) is 13.1 Å². The lowest BCUT2D eigenvalue weighted by Crippen LogP contribution is -2.32. The Morgan fingerprint density at radius 3 is 2.42 bits per heavy atom. The molecule has 0 aliphatic heterocycles. The first kappa shape index (κ1) is 19.1. The van der Waals surface area contributed by atoms with E-state index >= 15 is 0 Å². The molecular weight excluding hydrogens is 348 g/mol. The molecule has 142 valence electrons. The molecule has 2 N–H and O–H groups in total. The highest BCUT2D eigenvalue weighted by Crippen LogP contribution is 2.55. The zero-order chi connectivity index (χ0) is 18.4. The number of carbonyl (C=O) groups is 3. The Hall–Kier alpha value is -1.69. The van der Waals surface area contributed by atoms with E-state index in [0.717, 1.165) is 5.92 Å². The van der Waals surface area contributed by atoms with Crippen molar-refractivity contribution in [3.63, 3.8) is 0 Å². The molecule has 0 unspecified atom stereocenters. The van der Waals surface area contributed by atoms with E-state index in [-0.39, 0.29) is 35.9 Å². The van der Waals surface area contributed by atoms with Gasteiger partial charge in [0.15, 0.2) is 5.78 Å². The largest absolute Gasteiger partial charge is 0.356 e. The van der Waals surface area contributed by atoms with Crippen molar-refractivity contribution >= 4 is 28.9 Å². The molecule has 2 saturated carbocycles. The summed E-state index contributed by atoms with van der Waals surface area (Å²) in [5, 5.41) is 7.66. The van der Waals surface area contributed by atoms with Crippen LogP contribution in [-0.4, -0.2) is 30.7 Å². The first-order valence-electron chi connectivity index (χ1n) is 9.66. The molecule has 0 atom stereocenters. The minimum atomic E-state index is -0.108. The number of ketones is 1. The topological polar surface area (TPSA) is 75.3 Å². The summed E-state index contributed by atoms with van der Waals surface area (Å²) in [5.41, 5.74) is 0.290. The molecule has 0 radical (unpaired) electrons. The number of Topliss-reactive ketones (excluding diaryl/α,β-unsaturated/α-hetero) is 1. The second-order valence-electron chi connectivity index (χ2n) is 7.78. The molecule has 1 aromatic heterocycles. The standard InChI is InChI=1S/C20H28N2O3S/c23-16(17-3-1-12-26-17)4-5-18(24)21-10-2-11-22-19(25)14-20-8-6-15(13-20)7-9-20/h1,3,12,15H,2,4-11,13-14H2,(H,21,24)(H,22,25). The third-order valence-corrected chi connectivity index (χ3v) is 6.71. The molecule has 2 amide bonds. The molecule has 2 aliphatic carbocycles. The van der Waals surface area contributed by atoms with E-state index in [1.165, 1.54) is 43.4 Å². The molecule has 2 aliphatic rings. The summed E-state index contributed by atoms with van der Waals surface area (Å²) >= 11 is 1.40. The number of amides is 2. The second-order valence-corrected chi connectivity index (χ2v) is 8.73. The maximum absolute atomic E-state index is 12.1. The van der Waals surface area contributed by atoms with Crippen molar-refractivity contribution in [3.8, 4) is 0 Å². The Bertz CT molecular complexity index is 633. The number of nitrogens with one attached hydrogen (secondary N) is 2. The van der Waals surface area contributed by atoms with E-state index in [9.17, 15) is 14.4 Å². The lowest BCUT2D eigenvalue weighted by molar-refractivity contribution is -0.123. The highest BCUT2D eigenvalue weighted by molar-refractivity contribution is 7.12. The van der Waals surface area contributed by atoms with Crippen LogP contribution in [0.15, 0.2) is 17.5 Å². The van der Waals surface area contributed by atoms with Gasteiger partial charge in [0.2, 0.25) is 11.8 Å². The Labute approximate surface area is 158 Å². The average molecular weight is 377 g/mol. The van der Waals surface area contributed by atoms with Crippen molar-refractivity contribution in [1.82, 2.24) is 10.6 Å². The van der Waals surface area contributed by atoms with Crippen molar-refractivity contribution in [3.05, 3.63) is 22.4 Å². The molecule has 26 heavy (non-hydrogen) atoms. The lowest BCUT2D eigenvalue weighted by Gasteiger charge is -2.25. The van der Waals surface area contributed by atoms with Gasteiger partial charge in [-0.3, -0.25) is 14.4 Å². The highest BCUT2D eigenvalue weighted by atomic mass is 32.1. The predicted molar refractivity (Wildman–Crippen MR) is 102 cm³/mol. The van der Waals surface area contributed by atoms with E-state index in [2.05, 4.69) is 10.6 Å². The number of hydrogen-bond acceptors (Lipinski definition) is 4. The van der Waals surface area contributed by atoms with Crippen LogP contribution in [0.4, 0.5) is 0 Å². The Balaban J connectivity index is 1.22. The quantitative estimate of drug-likeness (QED) is 0.486. The van der Waals surface area contributed by atoms with E-state index in [1.54, 1.807) is 6.07 Å². The van der Waals surface area contributed by atoms with Gasteiger partial charge in [-0.15, -0.1) is 11.3 Å². The van der Waals surface area contributed by atoms with Crippen LogP contribution in [0.25, 0.3) is 0 Å². The smallest absolute Gasteiger partial charge is 0.220 e. The monoisotopic (exact) mass is 376 g/mol. The number of fused-ring (bicyclic) bond motifs is 2. The number of rotatable bonds is 10. The maximum Gasteiger partial charge on any atom is 0.220 e. The zero-order valence-corrected chi connectivity index (χ0v) is 16.0. The second kappa shape index (κ2) is 8.80. The SMILES string of the molecule is O=C(CCC(=O)c1cccs1)NCCCNC(=O)CC12CCC(CC1)C2. The van der Waals surface area contributed by atoms with Gasteiger partial charge in [-0.2, -0.15) is 0 Å². The minimum absolute atomic E-state index is 0.0165. The van der Waals surface area contributed by atoms with Crippen LogP contribution in [0.1, 0.15) is 67.5 Å². The van der Waals surface area contributed by atoms with Gasteiger partial charge in [0.25, 0.3) is 0 Å². The highest BCUT2D eigenvalue weighted by Gasteiger charge is 2.45. The molecule has 1 aromatic rings. The van der Waals surface area contributed by atoms with Gasteiger partial charge in [-0.25, -0.2) is 0 Å². The summed E-state index contributed by atoms with van der Waals surface area (Å²) in [5.74, 6) is 0.927. The Kier molecular flexibility index (Phi) is 6.46. The number of thiophene rings is 1. The molecule has 2 bridgehead atoms. The van der Waals surface area contributed by atoms with Crippen molar-refractivity contribution in [1.29, 1.82) is 0 Å². The number of hydrogen-bond donors (Lipinski definition) is 2. The van der Waals surface area contributed by atoms with E-state index < -0.39 is 0 Å². The first-order valence-corrected chi connectivity index (χ1v) is 10.5. The summed E-state index contributed by atoms with van der Waals surface area (Å²) in [7, 11) is 0. The van der Waals surface area contributed by atoms with Crippen LogP contribution >= 0.6 is 11.3 Å². The van der Waals surface area contributed by atoms with Gasteiger partial charge in [-0.1, -0.05) is 6.07 Å². The molecule has 1 heterocycles. The van der Waals surface area contributed by atoms with Crippen LogP contribution in [-0.2, 0) is 9.59 Å². The third kappa shape index (κ3) is 5.16. The van der Waals surface area contributed by atoms with Crippen molar-refractivity contribution in [2.45, 2.75) is 57.8 Å². The van der Waals surface area contributed by atoms with Gasteiger partial charge in [0.05, 0.1) is 4.88 Å². The van der Waals surface area contributed by atoms with Crippen molar-refractivity contribution in [2.24, 2.45) is 11.3 Å². The van der Waals surface area contributed by atoms with Gasteiger partial charge in [-0.05, 0) is 61.3 Å². The molecule has 3 rings (SSSR count). The Morgan fingerprint density at radius 1 is 1.08 bits per heavy atom. The summed E-state index contributed by atoms with van der Waals surface area (Å²) in [6.07, 6.45) is 8.10. The molecule has 2 fully saturated rings. The van der Waals surface area contributed by atoms with Crippen LogP contribution in [0.2, 0.25) is 0 Å². The fraction of sp³-hybridized carbons (Fsp3) is 0.650. The van der Waals surface area contributed by atoms with E-state index in [1.807, 2.05) is 11.4 Å². The fourth-order valence-electron chi connectivity index (χ4n) is 4.38. The summed E-state index contributed by atoms with van der Waals surface area (Å²) in [4.78, 5) is 36.5. The van der Waals surface area contributed by atoms with Gasteiger partial charge < -0.3 is 10.6 Å². The van der Waals surface area contributed by atoms with Gasteiger partial charge in [0, 0.05) is 32.4 Å². The maximum atomic E-state index is 12.1. The fourth-order valence-corrected chi connectivity index (χ4v) is 5.08. The first-order chi connectivity index (χ1) is 12.6. The van der Waals surface area contributed by atoms with Gasteiger partial charge >= 0.3 is 0 Å². The summed E-state index contributed by atoms with van der Waals surface area (Å²) in [6, 6.07) is 3.62. The normalized spacial score (nSPS) is 23.8. The van der Waals surface area contributed by atoms with Crippen LogP contribution in [0, 0.1) is 11.3 Å². The van der Waals surface area contributed by atoms with Crippen LogP contribution in [0.5, 0.6) is 0 Å². The van der Waals surface area contributed by atoms with E-state index in [0.29, 0.717) is 30.8 Å². The van der Waals surface area contributed by atoms with Crippen LogP contribution < -0.4 is 10.6 Å². The minimum Gasteiger partial charge on any atom is -0.356 e. The molecule has 0 saturated heterocycles. The third-order valence-electron chi connectivity index (χ3n) is 5.80. The van der Waals surface area contributed by atoms with Crippen LogP contribution in [0.3, 0.4) is 0 Å². The summed E-state index contributed by atoms with van der Waals surface area (Å²) < 4.78 is 0. The predicted octanol–water partition coefficient (Wildman–Crippen LogP) is 3.30. The van der Waals surface area contributed by atoms with Gasteiger partial charge in [0.1, 0.15) is 0 Å². The average Bonchev–Trinajstić information content (AvgIpc) is 3.36. The zero-order valence-electron chi connectivity index (χ0n) is 15.2. The number of carbonyl (C=O) groups excluding carboxylic acids is 3. The molecule has 6 heteroatoms. The Morgan fingerprint density at radius 2 is 1.81 bits per heavy atom. The molecular formula is C20H28N2O3S.